The summed E-state index contributed by atoms with van der Waals surface area (Å²) in [7, 11) is 0. The van der Waals surface area contributed by atoms with E-state index in [9.17, 15) is 9.90 Å². The molecule has 1 amide bonds. The molecule has 2 atom stereocenters. The summed E-state index contributed by atoms with van der Waals surface area (Å²) in [6.07, 6.45) is 0.413. The van der Waals surface area contributed by atoms with Crippen LogP contribution in [0, 0.1) is 0 Å². The Kier molecular flexibility index (Phi) is 4.15. The molecule has 1 aromatic carbocycles. The molecule has 0 spiro atoms. The Bertz CT molecular complexity index is 602. The molecule has 0 fully saturated rings. The lowest BCUT2D eigenvalue weighted by molar-refractivity contribution is -0.135. The minimum atomic E-state index is -1.39. The molecule has 114 valence electrons. The second-order valence-electron chi connectivity index (χ2n) is 6.07. The van der Waals surface area contributed by atoms with Crippen LogP contribution in [-0.2, 0) is 16.9 Å². The molecule has 0 saturated carbocycles. The number of rotatable bonds is 2. The van der Waals surface area contributed by atoms with Crippen LogP contribution in [-0.4, -0.2) is 28.5 Å². The van der Waals surface area contributed by atoms with E-state index in [0.717, 1.165) is 35.5 Å². The van der Waals surface area contributed by atoms with Crippen molar-refractivity contribution in [3.05, 3.63) is 41.5 Å². The SMILES string of the molecule is C=C(C)CN1Cc2cccc3c2C(O)(CC1C)C(=O)N3.Cl. The van der Waals surface area contributed by atoms with Crippen LogP contribution in [0.5, 0.6) is 0 Å². The number of carbonyl (C=O) groups excluding carboxylic acids is 1. The van der Waals surface area contributed by atoms with Crippen LogP contribution in [0.15, 0.2) is 30.4 Å². The van der Waals surface area contributed by atoms with E-state index in [0.29, 0.717) is 6.42 Å². The quantitative estimate of drug-likeness (QED) is 0.825. The Morgan fingerprint density at radius 3 is 2.95 bits per heavy atom. The van der Waals surface area contributed by atoms with Gasteiger partial charge in [0.05, 0.1) is 0 Å². The molecule has 5 heteroatoms. The predicted molar refractivity (Wildman–Crippen MR) is 85.5 cm³/mol. The van der Waals surface area contributed by atoms with Crippen molar-refractivity contribution in [3.63, 3.8) is 0 Å². The van der Waals surface area contributed by atoms with Gasteiger partial charge in [-0.1, -0.05) is 24.3 Å². The van der Waals surface area contributed by atoms with Crippen molar-refractivity contribution in [1.29, 1.82) is 0 Å². The third kappa shape index (κ3) is 2.48. The van der Waals surface area contributed by atoms with Crippen molar-refractivity contribution in [2.45, 2.75) is 38.5 Å². The summed E-state index contributed by atoms with van der Waals surface area (Å²) >= 11 is 0. The zero-order valence-electron chi connectivity index (χ0n) is 12.3. The van der Waals surface area contributed by atoms with Crippen molar-refractivity contribution in [3.8, 4) is 0 Å². The minimum Gasteiger partial charge on any atom is -0.375 e. The first-order valence-corrected chi connectivity index (χ1v) is 6.96. The van der Waals surface area contributed by atoms with Crippen LogP contribution in [0.2, 0.25) is 0 Å². The fraction of sp³-hybridized carbons (Fsp3) is 0.438. The van der Waals surface area contributed by atoms with Crippen molar-refractivity contribution in [2.75, 3.05) is 11.9 Å². The fourth-order valence-corrected chi connectivity index (χ4v) is 3.35. The number of nitrogens with zero attached hydrogens (tertiary/aromatic N) is 1. The maximum Gasteiger partial charge on any atom is 0.261 e. The monoisotopic (exact) mass is 308 g/mol. The fourth-order valence-electron chi connectivity index (χ4n) is 3.35. The molecule has 2 N–H and O–H groups in total. The number of amides is 1. The average molecular weight is 309 g/mol. The molecule has 4 nitrogen and oxygen atoms in total. The van der Waals surface area contributed by atoms with Gasteiger partial charge in [-0.3, -0.25) is 9.69 Å². The topological polar surface area (TPSA) is 52.6 Å². The summed E-state index contributed by atoms with van der Waals surface area (Å²) in [4.78, 5) is 14.5. The van der Waals surface area contributed by atoms with Gasteiger partial charge in [0.25, 0.3) is 5.91 Å². The van der Waals surface area contributed by atoms with E-state index < -0.39 is 5.60 Å². The van der Waals surface area contributed by atoms with E-state index in [-0.39, 0.29) is 24.4 Å². The van der Waals surface area contributed by atoms with Gasteiger partial charge in [0.15, 0.2) is 5.60 Å². The average Bonchev–Trinajstić information content (AvgIpc) is 2.54. The molecule has 2 aliphatic heterocycles. The van der Waals surface area contributed by atoms with E-state index in [2.05, 4.69) is 23.7 Å². The van der Waals surface area contributed by atoms with Crippen LogP contribution >= 0.6 is 12.4 Å². The van der Waals surface area contributed by atoms with Crippen molar-refractivity contribution < 1.29 is 9.90 Å². The summed E-state index contributed by atoms with van der Waals surface area (Å²) in [6, 6.07) is 5.89. The second-order valence-corrected chi connectivity index (χ2v) is 6.07. The molecule has 3 rings (SSSR count). The van der Waals surface area contributed by atoms with Crippen molar-refractivity contribution >= 4 is 24.0 Å². The first-order valence-electron chi connectivity index (χ1n) is 6.96. The summed E-state index contributed by atoms with van der Waals surface area (Å²) in [5, 5.41) is 13.7. The molecule has 0 saturated heterocycles. The zero-order chi connectivity index (χ0) is 14.5. The summed E-state index contributed by atoms with van der Waals surface area (Å²) < 4.78 is 0. The number of aliphatic hydroxyl groups is 1. The van der Waals surface area contributed by atoms with Gasteiger partial charge in [-0.2, -0.15) is 0 Å². The van der Waals surface area contributed by atoms with Crippen LogP contribution in [0.4, 0.5) is 5.69 Å². The van der Waals surface area contributed by atoms with Gasteiger partial charge < -0.3 is 10.4 Å². The highest BCUT2D eigenvalue weighted by Gasteiger charge is 2.49. The summed E-state index contributed by atoms with van der Waals surface area (Å²) in [5.41, 5.74) is 2.23. The van der Waals surface area contributed by atoms with E-state index in [1.165, 1.54) is 0 Å². The number of carbonyl (C=O) groups is 1. The highest BCUT2D eigenvalue weighted by molar-refractivity contribution is 6.05. The predicted octanol–water partition coefficient (Wildman–Crippen LogP) is 2.42. The summed E-state index contributed by atoms with van der Waals surface area (Å²) in [5.74, 6) is -0.302. The van der Waals surface area contributed by atoms with E-state index in [1.807, 2.05) is 25.1 Å². The van der Waals surface area contributed by atoms with Gasteiger partial charge in [-0.05, 0) is 25.5 Å². The molecule has 1 aromatic rings. The Hall–Kier alpha value is -1.36. The molecule has 0 bridgehead atoms. The molecule has 2 unspecified atom stereocenters. The van der Waals surface area contributed by atoms with Gasteiger partial charge in [-0.25, -0.2) is 0 Å². The van der Waals surface area contributed by atoms with Gasteiger partial charge in [-0.15, -0.1) is 12.4 Å². The number of halogens is 1. The number of nitrogens with one attached hydrogen (secondary N) is 1. The Morgan fingerprint density at radius 2 is 2.29 bits per heavy atom. The Morgan fingerprint density at radius 1 is 1.57 bits per heavy atom. The molecule has 0 aromatic heterocycles. The van der Waals surface area contributed by atoms with E-state index in [4.69, 9.17) is 0 Å². The maximum atomic E-state index is 12.2. The minimum absolute atomic E-state index is 0. The lowest BCUT2D eigenvalue weighted by Gasteiger charge is -2.29. The zero-order valence-corrected chi connectivity index (χ0v) is 13.2. The van der Waals surface area contributed by atoms with Crippen LogP contribution in [0.3, 0.4) is 0 Å². The van der Waals surface area contributed by atoms with E-state index in [1.54, 1.807) is 0 Å². The normalized spacial score (nSPS) is 27.4. The maximum absolute atomic E-state index is 12.2. The molecule has 0 radical (unpaired) electrons. The Balaban J connectivity index is 0.00000161. The first kappa shape index (κ1) is 16.0. The van der Waals surface area contributed by atoms with E-state index >= 15 is 0 Å². The number of hydrogen-bond acceptors (Lipinski definition) is 3. The number of benzene rings is 1. The highest BCUT2D eigenvalue weighted by Crippen LogP contribution is 2.44. The van der Waals surface area contributed by atoms with Crippen molar-refractivity contribution in [2.24, 2.45) is 0 Å². The van der Waals surface area contributed by atoms with Crippen LogP contribution < -0.4 is 5.32 Å². The van der Waals surface area contributed by atoms with Gasteiger partial charge in [0.1, 0.15) is 0 Å². The lowest BCUT2D eigenvalue weighted by Crippen LogP contribution is -2.40. The lowest BCUT2D eigenvalue weighted by atomic mass is 9.87. The van der Waals surface area contributed by atoms with Crippen LogP contribution in [0.25, 0.3) is 0 Å². The van der Waals surface area contributed by atoms with Gasteiger partial charge in [0, 0.05) is 36.8 Å². The molecular weight excluding hydrogens is 288 g/mol. The second kappa shape index (κ2) is 5.44. The smallest absolute Gasteiger partial charge is 0.261 e. The standard InChI is InChI=1S/C16H20N2O2.ClH/c1-10(2)8-18-9-12-5-4-6-13-14(12)16(20,7-11(18)3)15(19)17-13;/h4-6,11,20H,1,7-9H2,2-3H3,(H,17,19);1H. The molecule has 0 aliphatic carbocycles. The Labute approximate surface area is 131 Å². The largest absolute Gasteiger partial charge is 0.375 e. The van der Waals surface area contributed by atoms with Crippen molar-refractivity contribution in [1.82, 2.24) is 4.90 Å². The molecular formula is C16H21ClN2O2. The van der Waals surface area contributed by atoms with Crippen LogP contribution in [0.1, 0.15) is 31.4 Å². The molecule has 21 heavy (non-hydrogen) atoms. The highest BCUT2D eigenvalue weighted by atomic mass is 35.5. The third-order valence-corrected chi connectivity index (χ3v) is 4.25. The molecule has 2 aliphatic rings. The summed E-state index contributed by atoms with van der Waals surface area (Å²) in [6.45, 7) is 9.53. The van der Waals surface area contributed by atoms with Gasteiger partial charge >= 0.3 is 0 Å². The number of hydrogen-bond donors (Lipinski definition) is 2. The number of anilines is 1. The van der Waals surface area contributed by atoms with Gasteiger partial charge in [0.2, 0.25) is 0 Å². The molecule has 2 heterocycles. The third-order valence-electron chi connectivity index (χ3n) is 4.25. The first-order chi connectivity index (χ1) is 9.41.